The molecule has 1 aliphatic carbocycles. The third-order valence-electron chi connectivity index (χ3n) is 3.46. The van der Waals surface area contributed by atoms with Crippen LogP contribution in [0.5, 0.6) is 0 Å². The second-order valence-corrected chi connectivity index (χ2v) is 6.16. The van der Waals surface area contributed by atoms with E-state index < -0.39 is 0 Å². The third-order valence-corrected chi connectivity index (χ3v) is 4.71. The average Bonchev–Trinajstić information content (AvgIpc) is 2.89. The zero-order valence-corrected chi connectivity index (χ0v) is 11.9. The quantitative estimate of drug-likeness (QED) is 0.882. The first kappa shape index (κ1) is 12.7. The van der Waals surface area contributed by atoms with Crippen molar-refractivity contribution >= 4 is 28.8 Å². The zero-order chi connectivity index (χ0) is 13.2. The van der Waals surface area contributed by atoms with Gasteiger partial charge in [-0.3, -0.25) is 4.79 Å². The molecule has 1 aromatic heterocycles. The van der Waals surface area contributed by atoms with Crippen molar-refractivity contribution < 1.29 is 4.79 Å². The van der Waals surface area contributed by atoms with E-state index in [0.717, 1.165) is 19.3 Å². The van der Waals surface area contributed by atoms with E-state index in [0.29, 0.717) is 10.6 Å². The Morgan fingerprint density at radius 3 is 2.84 bits per heavy atom. The summed E-state index contributed by atoms with van der Waals surface area (Å²) >= 11 is 7.62. The Morgan fingerprint density at radius 1 is 1.26 bits per heavy atom. The van der Waals surface area contributed by atoms with Crippen LogP contribution >= 0.6 is 22.9 Å². The molecule has 0 bridgehead atoms. The number of carbonyl (C=O) groups is 1. The first-order valence-electron chi connectivity index (χ1n) is 6.37. The van der Waals surface area contributed by atoms with Gasteiger partial charge in [-0.1, -0.05) is 11.6 Å². The topological polar surface area (TPSA) is 29.1 Å². The lowest BCUT2D eigenvalue weighted by atomic mass is 9.94. The highest BCUT2D eigenvalue weighted by Gasteiger charge is 2.22. The van der Waals surface area contributed by atoms with Crippen LogP contribution in [0.2, 0.25) is 5.02 Å². The maximum Gasteiger partial charge on any atom is 0.251 e. The highest BCUT2D eigenvalue weighted by atomic mass is 35.5. The van der Waals surface area contributed by atoms with Crippen LogP contribution in [0.25, 0.3) is 0 Å². The second-order valence-electron chi connectivity index (χ2n) is 4.72. The van der Waals surface area contributed by atoms with Crippen LogP contribution in [0, 0.1) is 0 Å². The summed E-state index contributed by atoms with van der Waals surface area (Å²) in [6, 6.07) is 9.29. The molecule has 1 aliphatic rings. The number of rotatable bonds is 2. The monoisotopic (exact) mass is 291 g/mol. The molecule has 1 heterocycles. The fourth-order valence-corrected chi connectivity index (χ4v) is 3.59. The predicted octanol–water partition coefficient (Wildman–Crippen LogP) is 4.21. The minimum atomic E-state index is -0.0271. The third kappa shape index (κ3) is 2.67. The number of thiophene rings is 1. The molecule has 1 aromatic carbocycles. The largest absolute Gasteiger partial charge is 0.345 e. The van der Waals surface area contributed by atoms with Crippen molar-refractivity contribution in [3.8, 4) is 0 Å². The Kier molecular flexibility index (Phi) is 3.58. The van der Waals surface area contributed by atoms with Crippen LogP contribution < -0.4 is 5.32 Å². The number of fused-ring (bicyclic) bond motifs is 1. The molecule has 0 fully saturated rings. The van der Waals surface area contributed by atoms with Crippen LogP contribution in [-0.4, -0.2) is 5.91 Å². The summed E-state index contributed by atoms with van der Waals surface area (Å²) in [5.74, 6) is -0.0271. The second kappa shape index (κ2) is 5.35. The van der Waals surface area contributed by atoms with Crippen LogP contribution in [0.15, 0.2) is 35.7 Å². The zero-order valence-electron chi connectivity index (χ0n) is 10.4. The molecule has 98 valence electrons. The van der Waals surface area contributed by atoms with E-state index in [1.54, 1.807) is 35.6 Å². The molecule has 0 saturated carbocycles. The first-order valence-corrected chi connectivity index (χ1v) is 7.62. The molecule has 0 spiro atoms. The molecule has 1 atom stereocenters. The van der Waals surface area contributed by atoms with Gasteiger partial charge in [-0.25, -0.2) is 0 Å². The van der Waals surface area contributed by atoms with E-state index in [4.69, 9.17) is 11.6 Å². The molecule has 2 nitrogen and oxygen atoms in total. The van der Waals surface area contributed by atoms with Crippen LogP contribution in [0.1, 0.15) is 39.7 Å². The van der Waals surface area contributed by atoms with E-state index in [-0.39, 0.29) is 11.9 Å². The molecule has 0 saturated heterocycles. The molecule has 3 rings (SSSR count). The van der Waals surface area contributed by atoms with E-state index in [1.807, 2.05) is 0 Å². The summed E-state index contributed by atoms with van der Waals surface area (Å²) in [5.41, 5.74) is 1.95. The minimum absolute atomic E-state index is 0.0271. The Balaban J connectivity index is 1.76. The Hall–Kier alpha value is -1.32. The van der Waals surface area contributed by atoms with E-state index >= 15 is 0 Å². The molecule has 1 N–H and O–H groups in total. The normalized spacial score (nSPS) is 17.8. The van der Waals surface area contributed by atoms with Crippen LogP contribution in [0.3, 0.4) is 0 Å². The van der Waals surface area contributed by atoms with E-state index in [1.165, 1.54) is 10.4 Å². The standard InChI is InChI=1S/C15H14ClNOS/c16-11-6-4-10(5-7-11)15(18)17-13-2-1-3-14-12(13)8-9-19-14/h4-9,13H,1-3H2,(H,17,18). The Bertz CT molecular complexity index is 590. The summed E-state index contributed by atoms with van der Waals surface area (Å²) in [6.45, 7) is 0. The predicted molar refractivity (Wildman–Crippen MR) is 78.9 cm³/mol. The fraction of sp³-hybridized carbons (Fsp3) is 0.267. The molecule has 4 heteroatoms. The number of hydrogen-bond donors (Lipinski definition) is 1. The molecular weight excluding hydrogens is 278 g/mol. The van der Waals surface area contributed by atoms with Crippen molar-refractivity contribution in [1.82, 2.24) is 5.32 Å². The number of nitrogens with one attached hydrogen (secondary N) is 1. The van der Waals surface area contributed by atoms with Crippen molar-refractivity contribution in [2.24, 2.45) is 0 Å². The first-order chi connectivity index (χ1) is 9.24. The summed E-state index contributed by atoms with van der Waals surface area (Å²) in [4.78, 5) is 13.6. The lowest BCUT2D eigenvalue weighted by Crippen LogP contribution is -2.30. The lowest BCUT2D eigenvalue weighted by molar-refractivity contribution is 0.0933. The van der Waals surface area contributed by atoms with Crippen molar-refractivity contribution in [3.05, 3.63) is 56.7 Å². The number of halogens is 1. The molecule has 1 amide bonds. The van der Waals surface area contributed by atoms with Gasteiger partial charge in [0.2, 0.25) is 0 Å². The van der Waals surface area contributed by atoms with E-state index in [2.05, 4.69) is 16.8 Å². The maximum absolute atomic E-state index is 12.2. The van der Waals surface area contributed by atoms with Gasteiger partial charge in [-0.15, -0.1) is 11.3 Å². The van der Waals surface area contributed by atoms with Gasteiger partial charge in [0, 0.05) is 15.5 Å². The van der Waals surface area contributed by atoms with Crippen molar-refractivity contribution in [1.29, 1.82) is 0 Å². The van der Waals surface area contributed by atoms with Crippen molar-refractivity contribution in [2.75, 3.05) is 0 Å². The molecule has 2 aromatic rings. The van der Waals surface area contributed by atoms with Gasteiger partial charge in [0.05, 0.1) is 6.04 Å². The van der Waals surface area contributed by atoms with Gasteiger partial charge >= 0.3 is 0 Å². The van der Waals surface area contributed by atoms with Gasteiger partial charge in [0.1, 0.15) is 0 Å². The summed E-state index contributed by atoms with van der Waals surface area (Å²) in [7, 11) is 0. The molecule has 0 radical (unpaired) electrons. The number of amides is 1. The van der Waals surface area contributed by atoms with Gasteiger partial charge in [0.15, 0.2) is 0 Å². The van der Waals surface area contributed by atoms with Crippen molar-refractivity contribution in [3.63, 3.8) is 0 Å². The molecular formula is C15H14ClNOS. The number of carbonyl (C=O) groups excluding carboxylic acids is 1. The Labute approximate surface area is 121 Å². The number of aryl methyl sites for hydroxylation is 1. The Morgan fingerprint density at radius 2 is 2.05 bits per heavy atom. The molecule has 0 aliphatic heterocycles. The average molecular weight is 292 g/mol. The smallest absolute Gasteiger partial charge is 0.251 e. The van der Waals surface area contributed by atoms with Crippen LogP contribution in [0.4, 0.5) is 0 Å². The lowest BCUT2D eigenvalue weighted by Gasteiger charge is -2.23. The van der Waals surface area contributed by atoms with Gasteiger partial charge in [-0.05, 0) is 60.5 Å². The maximum atomic E-state index is 12.2. The molecule has 19 heavy (non-hydrogen) atoms. The number of hydrogen-bond acceptors (Lipinski definition) is 2. The summed E-state index contributed by atoms with van der Waals surface area (Å²) in [5, 5.41) is 5.88. The summed E-state index contributed by atoms with van der Waals surface area (Å²) < 4.78 is 0. The summed E-state index contributed by atoms with van der Waals surface area (Å²) in [6.07, 6.45) is 3.29. The van der Waals surface area contributed by atoms with Gasteiger partial charge in [-0.2, -0.15) is 0 Å². The number of benzene rings is 1. The SMILES string of the molecule is O=C(NC1CCCc2sccc21)c1ccc(Cl)cc1. The highest BCUT2D eigenvalue weighted by molar-refractivity contribution is 7.10. The van der Waals surface area contributed by atoms with Gasteiger partial charge < -0.3 is 5.32 Å². The minimum Gasteiger partial charge on any atom is -0.345 e. The highest BCUT2D eigenvalue weighted by Crippen LogP contribution is 2.33. The van der Waals surface area contributed by atoms with Crippen molar-refractivity contribution in [2.45, 2.75) is 25.3 Å². The van der Waals surface area contributed by atoms with Gasteiger partial charge in [0.25, 0.3) is 5.91 Å². The molecule has 1 unspecified atom stereocenters. The van der Waals surface area contributed by atoms with E-state index in [9.17, 15) is 4.79 Å². The van der Waals surface area contributed by atoms with Crippen LogP contribution in [-0.2, 0) is 6.42 Å². The fourth-order valence-electron chi connectivity index (χ4n) is 2.48.